The number of aryl methyl sites for hydroxylation is 2. The van der Waals surface area contributed by atoms with Gasteiger partial charge < -0.3 is 14.9 Å². The summed E-state index contributed by atoms with van der Waals surface area (Å²) in [6, 6.07) is 8.45. The number of carbonyl (C=O) groups is 2. The third kappa shape index (κ3) is 4.69. The van der Waals surface area contributed by atoms with Crippen LogP contribution in [0.3, 0.4) is 0 Å². The van der Waals surface area contributed by atoms with Gasteiger partial charge in [-0.15, -0.1) is 0 Å². The van der Waals surface area contributed by atoms with Crippen LogP contribution in [0, 0.1) is 6.92 Å². The average molecular weight is 303 g/mol. The minimum atomic E-state index is -0.971. The minimum Gasteiger partial charge on any atom is -0.481 e. The summed E-state index contributed by atoms with van der Waals surface area (Å²) in [5, 5.41) is 15.4. The number of amides is 1. The van der Waals surface area contributed by atoms with Gasteiger partial charge in [0.05, 0.1) is 12.5 Å². The highest BCUT2D eigenvalue weighted by molar-refractivity contribution is 5.77. The fourth-order valence-corrected chi connectivity index (χ4v) is 2.04. The van der Waals surface area contributed by atoms with Gasteiger partial charge in [0.1, 0.15) is 0 Å². The first kappa shape index (κ1) is 15.7. The second kappa shape index (κ2) is 7.35. The van der Waals surface area contributed by atoms with Crippen molar-refractivity contribution in [3.8, 4) is 0 Å². The Morgan fingerprint density at radius 1 is 1.32 bits per heavy atom. The highest BCUT2D eigenvalue weighted by Crippen LogP contribution is 2.16. The van der Waals surface area contributed by atoms with E-state index in [9.17, 15) is 9.59 Å². The standard InChI is InChI=1S/C15H17N3O4/c1-10-16-14(22-18-10)8-7-13(19)17-12(9-15(20)21)11-5-3-2-4-6-11/h2-6,12H,7-9H2,1H3,(H,17,19)(H,20,21). The molecule has 7 nitrogen and oxygen atoms in total. The van der Waals surface area contributed by atoms with E-state index in [1.54, 1.807) is 31.2 Å². The third-order valence-corrected chi connectivity index (χ3v) is 3.05. The molecule has 0 saturated heterocycles. The van der Waals surface area contributed by atoms with Gasteiger partial charge in [-0.05, 0) is 12.5 Å². The van der Waals surface area contributed by atoms with E-state index >= 15 is 0 Å². The van der Waals surface area contributed by atoms with Crippen molar-refractivity contribution in [2.45, 2.75) is 32.2 Å². The second-order valence-electron chi connectivity index (χ2n) is 4.86. The lowest BCUT2D eigenvalue weighted by molar-refractivity contribution is -0.137. The summed E-state index contributed by atoms with van der Waals surface area (Å²) < 4.78 is 4.93. The quantitative estimate of drug-likeness (QED) is 0.805. The van der Waals surface area contributed by atoms with Gasteiger partial charge in [-0.3, -0.25) is 9.59 Å². The molecule has 7 heteroatoms. The first-order valence-electron chi connectivity index (χ1n) is 6.90. The largest absolute Gasteiger partial charge is 0.481 e. The number of aliphatic carboxylic acids is 1. The van der Waals surface area contributed by atoms with Gasteiger partial charge in [-0.1, -0.05) is 35.5 Å². The molecule has 0 fully saturated rings. The van der Waals surface area contributed by atoms with E-state index in [1.165, 1.54) is 0 Å². The number of carboxylic acid groups (broad SMARTS) is 1. The van der Waals surface area contributed by atoms with Gasteiger partial charge in [0, 0.05) is 12.8 Å². The van der Waals surface area contributed by atoms with Gasteiger partial charge in [-0.25, -0.2) is 0 Å². The van der Waals surface area contributed by atoms with Crippen molar-refractivity contribution in [3.05, 3.63) is 47.6 Å². The molecule has 0 saturated carbocycles. The molecule has 1 heterocycles. The summed E-state index contributed by atoms with van der Waals surface area (Å²) in [5.41, 5.74) is 0.756. The van der Waals surface area contributed by atoms with Crippen molar-refractivity contribution < 1.29 is 19.2 Å². The van der Waals surface area contributed by atoms with Gasteiger partial charge in [0.15, 0.2) is 5.82 Å². The summed E-state index contributed by atoms with van der Waals surface area (Å²) in [7, 11) is 0. The first-order valence-corrected chi connectivity index (χ1v) is 6.90. The van der Waals surface area contributed by atoms with E-state index < -0.39 is 12.0 Å². The molecular formula is C15H17N3O4. The molecule has 0 spiro atoms. The number of carboxylic acids is 1. The van der Waals surface area contributed by atoms with Crippen molar-refractivity contribution in [2.75, 3.05) is 0 Å². The smallest absolute Gasteiger partial charge is 0.305 e. The molecule has 116 valence electrons. The molecule has 2 aromatic rings. The zero-order chi connectivity index (χ0) is 15.9. The van der Waals surface area contributed by atoms with Gasteiger partial charge in [-0.2, -0.15) is 4.98 Å². The van der Waals surface area contributed by atoms with E-state index in [1.807, 2.05) is 6.07 Å². The summed E-state index contributed by atoms with van der Waals surface area (Å²) in [4.78, 5) is 27.0. The van der Waals surface area contributed by atoms with Crippen molar-refractivity contribution in [1.29, 1.82) is 0 Å². The molecule has 1 atom stereocenters. The molecule has 0 aliphatic carbocycles. The summed E-state index contributed by atoms with van der Waals surface area (Å²) in [6.45, 7) is 1.70. The Bertz CT molecular complexity index is 639. The maximum Gasteiger partial charge on any atom is 0.305 e. The van der Waals surface area contributed by atoms with Crippen molar-refractivity contribution in [2.24, 2.45) is 0 Å². The van der Waals surface area contributed by atoms with Crippen LogP contribution in [0.2, 0.25) is 0 Å². The molecule has 1 aromatic carbocycles. The molecule has 0 bridgehead atoms. The van der Waals surface area contributed by atoms with Crippen LogP contribution in [0.4, 0.5) is 0 Å². The number of rotatable bonds is 7. The van der Waals surface area contributed by atoms with Crippen LogP contribution in [-0.2, 0) is 16.0 Å². The lowest BCUT2D eigenvalue weighted by Crippen LogP contribution is -2.30. The third-order valence-electron chi connectivity index (χ3n) is 3.05. The van der Waals surface area contributed by atoms with Gasteiger partial charge in [0.2, 0.25) is 11.8 Å². The minimum absolute atomic E-state index is 0.157. The van der Waals surface area contributed by atoms with Gasteiger partial charge in [0.25, 0.3) is 0 Å². The van der Waals surface area contributed by atoms with Crippen LogP contribution < -0.4 is 5.32 Å². The monoisotopic (exact) mass is 303 g/mol. The normalized spacial score (nSPS) is 11.9. The highest BCUT2D eigenvalue weighted by atomic mass is 16.5. The summed E-state index contributed by atoms with van der Waals surface area (Å²) in [6.07, 6.45) is 0.307. The Labute approximate surface area is 127 Å². The Hall–Kier alpha value is -2.70. The first-order chi connectivity index (χ1) is 10.5. The molecule has 2 rings (SSSR count). The predicted molar refractivity (Wildman–Crippen MR) is 76.9 cm³/mol. The van der Waals surface area contributed by atoms with E-state index in [0.29, 0.717) is 18.1 Å². The molecule has 1 amide bonds. The van der Waals surface area contributed by atoms with Crippen LogP contribution in [0.15, 0.2) is 34.9 Å². The molecule has 1 aromatic heterocycles. The SMILES string of the molecule is Cc1noc(CCC(=O)NC(CC(=O)O)c2ccccc2)n1. The Morgan fingerprint density at radius 3 is 2.64 bits per heavy atom. The number of nitrogens with zero attached hydrogens (tertiary/aromatic N) is 2. The topological polar surface area (TPSA) is 105 Å². The number of hydrogen-bond donors (Lipinski definition) is 2. The van der Waals surface area contributed by atoms with Crippen LogP contribution >= 0.6 is 0 Å². The number of nitrogens with one attached hydrogen (secondary N) is 1. The van der Waals surface area contributed by atoms with Crippen LogP contribution in [0.25, 0.3) is 0 Å². The Balaban J connectivity index is 1.94. The van der Waals surface area contributed by atoms with E-state index in [-0.39, 0.29) is 18.7 Å². The molecule has 22 heavy (non-hydrogen) atoms. The van der Waals surface area contributed by atoms with Crippen molar-refractivity contribution in [3.63, 3.8) is 0 Å². The molecule has 0 radical (unpaired) electrons. The van der Waals surface area contributed by atoms with E-state index in [0.717, 1.165) is 5.56 Å². The summed E-state index contributed by atoms with van der Waals surface area (Å²) >= 11 is 0. The highest BCUT2D eigenvalue weighted by Gasteiger charge is 2.18. The van der Waals surface area contributed by atoms with Crippen molar-refractivity contribution >= 4 is 11.9 Å². The zero-order valence-corrected chi connectivity index (χ0v) is 12.2. The number of aromatic nitrogens is 2. The van der Waals surface area contributed by atoms with Crippen LogP contribution in [-0.4, -0.2) is 27.1 Å². The fraction of sp³-hybridized carbons (Fsp3) is 0.333. The summed E-state index contributed by atoms with van der Waals surface area (Å²) in [5.74, 6) is -0.321. The molecular weight excluding hydrogens is 286 g/mol. The fourth-order valence-electron chi connectivity index (χ4n) is 2.04. The molecule has 1 unspecified atom stereocenters. The van der Waals surface area contributed by atoms with Crippen LogP contribution in [0.5, 0.6) is 0 Å². The number of carbonyl (C=O) groups excluding carboxylic acids is 1. The Kier molecular flexibility index (Phi) is 5.24. The van der Waals surface area contributed by atoms with E-state index in [2.05, 4.69) is 15.5 Å². The zero-order valence-electron chi connectivity index (χ0n) is 12.2. The van der Waals surface area contributed by atoms with Crippen molar-refractivity contribution in [1.82, 2.24) is 15.5 Å². The lowest BCUT2D eigenvalue weighted by atomic mass is 10.0. The Morgan fingerprint density at radius 2 is 2.05 bits per heavy atom. The lowest BCUT2D eigenvalue weighted by Gasteiger charge is -2.17. The number of benzene rings is 1. The predicted octanol–water partition coefficient (Wildman–Crippen LogP) is 1.64. The second-order valence-corrected chi connectivity index (χ2v) is 4.86. The van der Waals surface area contributed by atoms with Gasteiger partial charge >= 0.3 is 5.97 Å². The maximum absolute atomic E-state index is 12.0. The number of hydrogen-bond acceptors (Lipinski definition) is 5. The molecule has 0 aliphatic heterocycles. The molecule has 2 N–H and O–H groups in total. The van der Waals surface area contributed by atoms with Crippen LogP contribution in [0.1, 0.15) is 36.2 Å². The maximum atomic E-state index is 12.0. The average Bonchev–Trinajstić information content (AvgIpc) is 2.91. The molecule has 0 aliphatic rings. The van der Waals surface area contributed by atoms with E-state index in [4.69, 9.17) is 9.63 Å².